The van der Waals surface area contributed by atoms with Crippen molar-refractivity contribution in [2.75, 3.05) is 13.7 Å². The van der Waals surface area contributed by atoms with Crippen molar-refractivity contribution >= 4 is 11.9 Å². The van der Waals surface area contributed by atoms with Gasteiger partial charge in [-0.05, 0) is 36.0 Å². The quantitative estimate of drug-likeness (QED) is 0.805. The first-order valence-electron chi connectivity index (χ1n) is 7.14. The first-order valence-corrected chi connectivity index (χ1v) is 7.14. The van der Waals surface area contributed by atoms with Crippen LogP contribution in [0.4, 0.5) is 0 Å². The number of aliphatic carboxylic acids is 1. The van der Waals surface area contributed by atoms with Gasteiger partial charge < -0.3 is 15.2 Å². The Morgan fingerprint density at radius 2 is 2.14 bits per heavy atom. The third-order valence-corrected chi connectivity index (χ3v) is 4.10. The Balaban J connectivity index is 1.85. The van der Waals surface area contributed by atoms with Crippen LogP contribution in [0.3, 0.4) is 0 Å². The molecule has 2 N–H and O–H groups in total. The van der Waals surface area contributed by atoms with E-state index in [1.54, 1.807) is 7.11 Å². The lowest BCUT2D eigenvalue weighted by Gasteiger charge is -2.40. The minimum absolute atomic E-state index is 0.0834. The molecule has 0 aromatic heterocycles. The molecule has 1 fully saturated rings. The van der Waals surface area contributed by atoms with E-state index in [1.165, 1.54) is 0 Å². The van der Waals surface area contributed by atoms with E-state index in [9.17, 15) is 9.59 Å². The molecule has 0 aliphatic heterocycles. The summed E-state index contributed by atoms with van der Waals surface area (Å²) in [6.07, 6.45) is 3.20. The third-order valence-electron chi connectivity index (χ3n) is 4.10. The molecule has 0 saturated heterocycles. The molecule has 2 rings (SSSR count). The molecule has 0 spiro atoms. The van der Waals surface area contributed by atoms with Crippen molar-refractivity contribution in [2.45, 2.75) is 32.1 Å². The van der Waals surface area contributed by atoms with Crippen molar-refractivity contribution in [3.05, 3.63) is 29.8 Å². The molecule has 5 heteroatoms. The van der Waals surface area contributed by atoms with E-state index >= 15 is 0 Å². The van der Waals surface area contributed by atoms with Gasteiger partial charge in [0, 0.05) is 6.54 Å². The van der Waals surface area contributed by atoms with Crippen LogP contribution in [0.5, 0.6) is 5.75 Å². The zero-order chi connectivity index (χ0) is 15.3. The van der Waals surface area contributed by atoms with Gasteiger partial charge in [-0.2, -0.15) is 0 Å². The van der Waals surface area contributed by atoms with Gasteiger partial charge in [0.25, 0.3) is 0 Å². The molecule has 1 aliphatic rings. The van der Waals surface area contributed by atoms with E-state index in [1.807, 2.05) is 24.3 Å². The topological polar surface area (TPSA) is 75.6 Å². The van der Waals surface area contributed by atoms with Crippen molar-refractivity contribution in [1.82, 2.24) is 5.32 Å². The highest BCUT2D eigenvalue weighted by atomic mass is 16.5. The van der Waals surface area contributed by atoms with E-state index in [4.69, 9.17) is 9.84 Å². The maximum Gasteiger partial charge on any atom is 0.303 e. The van der Waals surface area contributed by atoms with Gasteiger partial charge in [-0.1, -0.05) is 18.6 Å². The fourth-order valence-corrected chi connectivity index (χ4v) is 2.73. The average molecular weight is 291 g/mol. The molecule has 21 heavy (non-hydrogen) atoms. The normalized spacial score (nSPS) is 15.9. The van der Waals surface area contributed by atoms with E-state index in [0.717, 1.165) is 30.6 Å². The SMILES string of the molecule is COc1cccc(CC(=O)NCC2(CC(=O)O)CCC2)c1. The standard InChI is InChI=1S/C16H21NO4/c1-21-13-5-2-4-12(8-13)9-14(18)17-11-16(6-3-7-16)10-15(19)20/h2,4-5,8H,3,6-7,9-11H2,1H3,(H,17,18)(H,19,20). The van der Waals surface area contributed by atoms with Crippen LogP contribution in [-0.4, -0.2) is 30.6 Å². The Kier molecular flexibility index (Phi) is 4.83. The number of ether oxygens (including phenoxy) is 1. The van der Waals surface area contributed by atoms with Crippen LogP contribution in [0.2, 0.25) is 0 Å². The summed E-state index contributed by atoms with van der Waals surface area (Å²) >= 11 is 0. The van der Waals surface area contributed by atoms with Gasteiger partial charge in [0.2, 0.25) is 5.91 Å². The summed E-state index contributed by atoms with van der Waals surface area (Å²) in [6.45, 7) is 0.447. The number of methoxy groups -OCH3 is 1. The number of rotatable bonds is 7. The van der Waals surface area contributed by atoms with Crippen molar-refractivity contribution in [3.8, 4) is 5.75 Å². The Bertz CT molecular complexity index is 523. The first kappa shape index (κ1) is 15.4. The van der Waals surface area contributed by atoms with Crippen LogP contribution < -0.4 is 10.1 Å². The molecule has 1 amide bonds. The lowest BCUT2D eigenvalue weighted by atomic mass is 9.66. The van der Waals surface area contributed by atoms with Crippen LogP contribution >= 0.6 is 0 Å². The fraction of sp³-hybridized carbons (Fsp3) is 0.500. The van der Waals surface area contributed by atoms with Gasteiger partial charge in [-0.25, -0.2) is 0 Å². The maximum absolute atomic E-state index is 12.0. The molecule has 1 aromatic carbocycles. The van der Waals surface area contributed by atoms with E-state index < -0.39 is 5.97 Å². The van der Waals surface area contributed by atoms with Crippen LogP contribution in [0.1, 0.15) is 31.2 Å². The summed E-state index contributed by atoms with van der Waals surface area (Å²) in [7, 11) is 1.59. The van der Waals surface area contributed by atoms with Crippen LogP contribution in [0, 0.1) is 5.41 Å². The Morgan fingerprint density at radius 3 is 2.71 bits per heavy atom. The molecular weight excluding hydrogens is 270 g/mol. The highest BCUT2D eigenvalue weighted by Gasteiger charge is 2.39. The van der Waals surface area contributed by atoms with Gasteiger partial charge in [-0.15, -0.1) is 0 Å². The lowest BCUT2D eigenvalue weighted by molar-refractivity contribution is -0.141. The first-order chi connectivity index (χ1) is 10.0. The predicted octanol–water partition coefficient (Wildman–Crippen LogP) is 2.00. The second-order valence-electron chi connectivity index (χ2n) is 5.73. The number of carboxylic acid groups (broad SMARTS) is 1. The van der Waals surface area contributed by atoms with Gasteiger partial charge >= 0.3 is 5.97 Å². The summed E-state index contributed by atoms with van der Waals surface area (Å²) in [4.78, 5) is 22.9. The zero-order valence-corrected chi connectivity index (χ0v) is 12.2. The summed E-state index contributed by atoms with van der Waals surface area (Å²) in [5.41, 5.74) is 0.642. The zero-order valence-electron chi connectivity index (χ0n) is 12.2. The number of carbonyl (C=O) groups excluding carboxylic acids is 1. The van der Waals surface area contributed by atoms with Crippen molar-refractivity contribution in [1.29, 1.82) is 0 Å². The smallest absolute Gasteiger partial charge is 0.303 e. The largest absolute Gasteiger partial charge is 0.497 e. The number of amides is 1. The summed E-state index contributed by atoms with van der Waals surface area (Å²) < 4.78 is 5.12. The molecule has 5 nitrogen and oxygen atoms in total. The van der Waals surface area contributed by atoms with E-state index in [0.29, 0.717) is 6.54 Å². The summed E-state index contributed by atoms with van der Waals surface area (Å²) in [5, 5.41) is 11.8. The molecule has 1 aliphatic carbocycles. The fourth-order valence-electron chi connectivity index (χ4n) is 2.73. The molecular formula is C16H21NO4. The number of benzene rings is 1. The Hall–Kier alpha value is -2.04. The second-order valence-corrected chi connectivity index (χ2v) is 5.73. The number of carbonyl (C=O) groups is 2. The van der Waals surface area contributed by atoms with Crippen molar-refractivity contribution < 1.29 is 19.4 Å². The minimum Gasteiger partial charge on any atom is -0.497 e. The molecule has 1 saturated carbocycles. The number of carboxylic acids is 1. The number of nitrogens with one attached hydrogen (secondary N) is 1. The van der Waals surface area contributed by atoms with Crippen molar-refractivity contribution in [2.24, 2.45) is 5.41 Å². The maximum atomic E-state index is 12.0. The molecule has 1 aromatic rings. The Labute approximate surface area is 124 Å². The molecule has 0 unspecified atom stereocenters. The van der Waals surface area contributed by atoms with E-state index in [-0.39, 0.29) is 24.2 Å². The number of hydrogen-bond acceptors (Lipinski definition) is 3. The van der Waals surface area contributed by atoms with Crippen molar-refractivity contribution in [3.63, 3.8) is 0 Å². The predicted molar refractivity (Wildman–Crippen MR) is 78.2 cm³/mol. The second kappa shape index (κ2) is 6.61. The highest BCUT2D eigenvalue weighted by molar-refractivity contribution is 5.78. The van der Waals surface area contributed by atoms with Crippen LogP contribution in [0.25, 0.3) is 0 Å². The average Bonchev–Trinajstić information content (AvgIpc) is 2.41. The monoisotopic (exact) mass is 291 g/mol. The van der Waals surface area contributed by atoms with E-state index in [2.05, 4.69) is 5.32 Å². The molecule has 0 bridgehead atoms. The Morgan fingerprint density at radius 1 is 1.38 bits per heavy atom. The minimum atomic E-state index is -0.795. The molecule has 114 valence electrons. The lowest BCUT2D eigenvalue weighted by Crippen LogP contribution is -2.43. The molecule has 0 atom stereocenters. The summed E-state index contributed by atoms with van der Waals surface area (Å²) in [5.74, 6) is -0.154. The molecule has 0 heterocycles. The van der Waals surface area contributed by atoms with Gasteiger partial charge in [0.15, 0.2) is 0 Å². The third kappa shape index (κ3) is 4.21. The van der Waals surface area contributed by atoms with Gasteiger partial charge in [0.05, 0.1) is 20.0 Å². The number of hydrogen-bond donors (Lipinski definition) is 2. The van der Waals surface area contributed by atoms with Crippen LogP contribution in [0.15, 0.2) is 24.3 Å². The molecule has 0 radical (unpaired) electrons. The summed E-state index contributed by atoms with van der Waals surface area (Å²) in [6, 6.07) is 7.38. The van der Waals surface area contributed by atoms with Gasteiger partial charge in [0.1, 0.15) is 5.75 Å². The van der Waals surface area contributed by atoms with Crippen LogP contribution in [-0.2, 0) is 16.0 Å². The van der Waals surface area contributed by atoms with Gasteiger partial charge in [-0.3, -0.25) is 9.59 Å². The highest BCUT2D eigenvalue weighted by Crippen LogP contribution is 2.43.